The van der Waals surface area contributed by atoms with Crippen molar-refractivity contribution in [3.05, 3.63) is 0 Å². The lowest BCUT2D eigenvalue weighted by atomic mass is 9.80. The van der Waals surface area contributed by atoms with E-state index in [1.165, 1.54) is 0 Å². The third-order valence-electron chi connectivity index (χ3n) is 4.50. The number of carboxylic acid groups (broad SMARTS) is 1. The normalized spacial score (nSPS) is 27.0. The summed E-state index contributed by atoms with van der Waals surface area (Å²) in [6.07, 6.45) is 0.605. The van der Waals surface area contributed by atoms with Crippen molar-refractivity contribution >= 4 is 12.0 Å². The van der Waals surface area contributed by atoms with Crippen LogP contribution in [0.25, 0.3) is 0 Å². The van der Waals surface area contributed by atoms with E-state index in [4.69, 9.17) is 9.84 Å². The first-order valence-corrected chi connectivity index (χ1v) is 7.64. The van der Waals surface area contributed by atoms with Gasteiger partial charge in [-0.3, -0.25) is 4.79 Å². The van der Waals surface area contributed by atoms with Crippen molar-refractivity contribution in [2.45, 2.75) is 39.7 Å². The van der Waals surface area contributed by atoms with Gasteiger partial charge in [-0.25, -0.2) is 4.79 Å². The van der Waals surface area contributed by atoms with Crippen LogP contribution < -0.4 is 0 Å². The van der Waals surface area contributed by atoms with E-state index in [0.717, 1.165) is 19.5 Å². The number of carboxylic acids is 1. The van der Waals surface area contributed by atoms with E-state index in [-0.39, 0.29) is 24.0 Å². The molecule has 2 fully saturated rings. The number of hydrogen-bond acceptors (Lipinski definition) is 3. The van der Waals surface area contributed by atoms with Gasteiger partial charge in [0.25, 0.3) is 0 Å². The quantitative estimate of drug-likeness (QED) is 0.841. The molecule has 0 bridgehead atoms. The van der Waals surface area contributed by atoms with Crippen molar-refractivity contribution in [2.75, 3.05) is 32.8 Å². The summed E-state index contributed by atoms with van der Waals surface area (Å²) in [4.78, 5) is 27.0. The molecule has 2 aliphatic rings. The molecule has 2 unspecified atom stereocenters. The Morgan fingerprint density at radius 2 is 1.86 bits per heavy atom. The average molecular weight is 298 g/mol. The molecular weight excluding hydrogens is 272 g/mol. The maximum absolute atomic E-state index is 12.6. The zero-order chi connectivity index (χ0) is 15.6. The summed E-state index contributed by atoms with van der Waals surface area (Å²) in [7, 11) is 0. The van der Waals surface area contributed by atoms with E-state index >= 15 is 0 Å². The fraction of sp³-hybridized carbons (Fsp3) is 0.867. The molecule has 2 heterocycles. The van der Waals surface area contributed by atoms with Gasteiger partial charge in [0, 0.05) is 26.2 Å². The van der Waals surface area contributed by atoms with E-state index < -0.39 is 5.97 Å². The number of carbonyl (C=O) groups is 2. The van der Waals surface area contributed by atoms with Gasteiger partial charge in [-0.1, -0.05) is 20.8 Å². The number of nitrogens with zero attached hydrogens (tertiary/aromatic N) is 2. The predicted molar refractivity (Wildman–Crippen MR) is 78.1 cm³/mol. The average Bonchev–Trinajstić information content (AvgIpc) is 2.86. The molecule has 0 aromatic heterocycles. The van der Waals surface area contributed by atoms with Gasteiger partial charge in [-0.2, -0.15) is 0 Å². The number of ether oxygens (including phenoxy) is 1. The van der Waals surface area contributed by atoms with E-state index in [2.05, 4.69) is 20.8 Å². The van der Waals surface area contributed by atoms with Gasteiger partial charge in [0.15, 0.2) is 0 Å². The number of aliphatic carboxylic acids is 1. The Morgan fingerprint density at radius 1 is 1.19 bits per heavy atom. The minimum Gasteiger partial charge on any atom is -0.481 e. The van der Waals surface area contributed by atoms with Crippen molar-refractivity contribution < 1.29 is 19.4 Å². The third-order valence-corrected chi connectivity index (χ3v) is 4.50. The zero-order valence-electron chi connectivity index (χ0n) is 13.2. The predicted octanol–water partition coefficient (Wildman–Crippen LogP) is 1.65. The van der Waals surface area contributed by atoms with E-state index in [1.807, 2.05) is 4.90 Å². The second-order valence-electron chi connectivity index (χ2n) is 7.12. The molecule has 6 heteroatoms. The van der Waals surface area contributed by atoms with Crippen LogP contribution in [0.2, 0.25) is 0 Å². The molecule has 21 heavy (non-hydrogen) atoms. The maximum atomic E-state index is 12.6. The number of hydrogen-bond donors (Lipinski definition) is 1. The van der Waals surface area contributed by atoms with Crippen molar-refractivity contribution in [1.82, 2.24) is 9.80 Å². The second kappa shape index (κ2) is 6.22. The highest BCUT2D eigenvalue weighted by atomic mass is 16.5. The van der Waals surface area contributed by atoms with Gasteiger partial charge in [0.1, 0.15) is 0 Å². The molecular formula is C15H26N2O4. The molecule has 0 aliphatic carbocycles. The van der Waals surface area contributed by atoms with E-state index in [9.17, 15) is 9.59 Å². The molecule has 0 saturated carbocycles. The Morgan fingerprint density at radius 3 is 2.43 bits per heavy atom. The molecule has 2 rings (SSSR count). The Hall–Kier alpha value is -1.30. The fourth-order valence-electron chi connectivity index (χ4n) is 3.05. The summed E-state index contributed by atoms with van der Waals surface area (Å²) in [5.41, 5.74) is 0.214. The van der Waals surface area contributed by atoms with Crippen molar-refractivity contribution in [3.8, 4) is 0 Å². The molecule has 2 atom stereocenters. The van der Waals surface area contributed by atoms with Crippen LogP contribution >= 0.6 is 0 Å². The van der Waals surface area contributed by atoms with Crippen molar-refractivity contribution in [1.29, 1.82) is 0 Å². The molecule has 2 saturated heterocycles. The van der Waals surface area contributed by atoms with Crippen LogP contribution in [0, 0.1) is 11.3 Å². The van der Waals surface area contributed by atoms with Gasteiger partial charge in [0.2, 0.25) is 0 Å². The van der Waals surface area contributed by atoms with Crippen molar-refractivity contribution in [2.24, 2.45) is 11.3 Å². The molecule has 0 aromatic rings. The molecule has 6 nitrogen and oxygen atoms in total. The summed E-state index contributed by atoms with van der Waals surface area (Å²) in [6.45, 7) is 9.56. The number of likely N-dealkylation sites (tertiary alicyclic amines) is 1. The Bertz CT molecular complexity index is 405. The third kappa shape index (κ3) is 4.09. The van der Waals surface area contributed by atoms with Gasteiger partial charge >= 0.3 is 12.0 Å². The Balaban J connectivity index is 1.90. The van der Waals surface area contributed by atoms with Gasteiger partial charge in [-0.15, -0.1) is 0 Å². The molecule has 0 spiro atoms. The summed E-state index contributed by atoms with van der Waals surface area (Å²) >= 11 is 0. The van der Waals surface area contributed by atoms with Crippen molar-refractivity contribution in [3.63, 3.8) is 0 Å². The number of rotatable bonds is 2. The first-order valence-electron chi connectivity index (χ1n) is 7.64. The van der Waals surface area contributed by atoms with Crippen LogP contribution in [0.1, 0.15) is 33.6 Å². The number of amides is 2. The summed E-state index contributed by atoms with van der Waals surface area (Å²) in [6, 6.07) is 0.0282. The van der Waals surface area contributed by atoms with Gasteiger partial charge in [-0.05, 0) is 17.8 Å². The minimum absolute atomic E-state index is 0.0282. The fourth-order valence-corrected chi connectivity index (χ4v) is 3.05. The van der Waals surface area contributed by atoms with Gasteiger partial charge in [0.05, 0.1) is 19.1 Å². The molecule has 0 aromatic carbocycles. The maximum Gasteiger partial charge on any atom is 0.320 e. The smallest absolute Gasteiger partial charge is 0.320 e. The summed E-state index contributed by atoms with van der Waals surface area (Å²) in [5.74, 6) is -0.361. The SMILES string of the molecule is CC(C)(C)C1CCN(C(=O)N2CCOC(CC(=O)O)C2)C1. The minimum atomic E-state index is -0.886. The van der Waals surface area contributed by atoms with Crippen LogP contribution in [-0.4, -0.2) is 65.8 Å². The van der Waals surface area contributed by atoms with Crippen LogP contribution in [0.15, 0.2) is 0 Å². The van der Waals surface area contributed by atoms with E-state index in [0.29, 0.717) is 25.6 Å². The standard InChI is InChI=1S/C15H26N2O4/c1-15(2,3)11-4-5-16(9-11)14(20)17-6-7-21-12(10-17)8-13(18)19/h11-12H,4-10H2,1-3H3,(H,18,19). The first kappa shape index (κ1) is 16.1. The monoisotopic (exact) mass is 298 g/mol. The number of urea groups is 1. The zero-order valence-corrected chi connectivity index (χ0v) is 13.2. The molecule has 1 N–H and O–H groups in total. The second-order valence-corrected chi connectivity index (χ2v) is 7.12. The van der Waals surface area contributed by atoms with Crippen LogP contribution in [0.3, 0.4) is 0 Å². The lowest BCUT2D eigenvalue weighted by Crippen LogP contribution is -2.51. The lowest BCUT2D eigenvalue weighted by molar-refractivity contribution is -0.141. The van der Waals surface area contributed by atoms with Crippen LogP contribution in [-0.2, 0) is 9.53 Å². The van der Waals surface area contributed by atoms with Crippen LogP contribution in [0.4, 0.5) is 4.79 Å². The highest BCUT2D eigenvalue weighted by molar-refractivity contribution is 5.75. The first-order chi connectivity index (χ1) is 9.77. The Labute approximate surface area is 126 Å². The van der Waals surface area contributed by atoms with E-state index in [1.54, 1.807) is 4.90 Å². The summed E-state index contributed by atoms with van der Waals surface area (Å²) < 4.78 is 5.41. The lowest BCUT2D eigenvalue weighted by Gasteiger charge is -2.35. The van der Waals surface area contributed by atoms with Gasteiger partial charge < -0.3 is 19.6 Å². The highest BCUT2D eigenvalue weighted by Gasteiger charge is 2.36. The topological polar surface area (TPSA) is 70.1 Å². The molecule has 0 radical (unpaired) electrons. The molecule has 2 amide bonds. The highest BCUT2D eigenvalue weighted by Crippen LogP contribution is 2.34. The number of morpholine rings is 1. The number of carbonyl (C=O) groups excluding carboxylic acids is 1. The largest absolute Gasteiger partial charge is 0.481 e. The molecule has 2 aliphatic heterocycles. The Kier molecular flexibility index (Phi) is 4.76. The van der Waals surface area contributed by atoms with Crippen LogP contribution in [0.5, 0.6) is 0 Å². The molecule has 120 valence electrons. The summed E-state index contributed by atoms with van der Waals surface area (Å²) in [5, 5.41) is 8.83.